The van der Waals surface area contributed by atoms with E-state index in [0.717, 1.165) is 5.75 Å². The van der Waals surface area contributed by atoms with Crippen molar-refractivity contribution in [1.29, 1.82) is 0 Å². The van der Waals surface area contributed by atoms with E-state index in [9.17, 15) is 10.1 Å². The molecule has 21 heavy (non-hydrogen) atoms. The van der Waals surface area contributed by atoms with Gasteiger partial charge < -0.3 is 9.47 Å². The van der Waals surface area contributed by atoms with Gasteiger partial charge in [-0.05, 0) is 25.1 Å². The summed E-state index contributed by atoms with van der Waals surface area (Å²) in [6, 6.07) is 11.8. The van der Waals surface area contributed by atoms with Crippen LogP contribution in [0.25, 0.3) is 0 Å². The van der Waals surface area contributed by atoms with Crippen LogP contribution in [0, 0.1) is 10.1 Å². The van der Waals surface area contributed by atoms with Crippen LogP contribution in [-0.2, 0) is 5.33 Å². The van der Waals surface area contributed by atoms with Crippen LogP contribution < -0.4 is 9.47 Å². The minimum Gasteiger partial charge on any atom is -0.494 e. The predicted molar refractivity (Wildman–Crippen MR) is 83.4 cm³/mol. The number of rotatable bonds is 6. The number of benzene rings is 2. The Hall–Kier alpha value is -2.08. The fourth-order valence-corrected chi connectivity index (χ4v) is 2.24. The van der Waals surface area contributed by atoms with E-state index in [2.05, 4.69) is 15.9 Å². The third-order valence-electron chi connectivity index (χ3n) is 2.74. The highest BCUT2D eigenvalue weighted by Crippen LogP contribution is 2.31. The molecule has 0 aliphatic heterocycles. The minimum atomic E-state index is -0.425. The summed E-state index contributed by atoms with van der Waals surface area (Å²) in [5, 5.41) is 11.3. The SMILES string of the molecule is CCOc1cccc(Oc2ccc([N+](=O)[O-])cc2CBr)c1. The van der Waals surface area contributed by atoms with Gasteiger partial charge in [0.05, 0.1) is 11.5 Å². The molecule has 2 aromatic carbocycles. The molecule has 0 aromatic heterocycles. The van der Waals surface area contributed by atoms with Crippen molar-refractivity contribution < 1.29 is 14.4 Å². The number of hydrogen-bond donors (Lipinski definition) is 0. The highest BCUT2D eigenvalue weighted by atomic mass is 79.9. The number of nitrogens with zero attached hydrogens (tertiary/aromatic N) is 1. The normalized spacial score (nSPS) is 10.2. The molecule has 0 N–H and O–H groups in total. The largest absolute Gasteiger partial charge is 0.494 e. The van der Waals surface area contributed by atoms with Crippen molar-refractivity contribution in [3.05, 3.63) is 58.1 Å². The summed E-state index contributed by atoms with van der Waals surface area (Å²) in [6.07, 6.45) is 0. The quantitative estimate of drug-likeness (QED) is 0.430. The molecule has 6 heteroatoms. The Kier molecular flexibility index (Phi) is 5.16. The van der Waals surface area contributed by atoms with Gasteiger partial charge in [-0.25, -0.2) is 0 Å². The molecule has 0 spiro atoms. The van der Waals surface area contributed by atoms with E-state index < -0.39 is 4.92 Å². The monoisotopic (exact) mass is 351 g/mol. The first-order valence-corrected chi connectivity index (χ1v) is 7.50. The Morgan fingerprint density at radius 2 is 1.95 bits per heavy atom. The Balaban J connectivity index is 2.26. The summed E-state index contributed by atoms with van der Waals surface area (Å²) in [6.45, 7) is 2.49. The van der Waals surface area contributed by atoms with E-state index in [4.69, 9.17) is 9.47 Å². The molecule has 0 saturated carbocycles. The first-order chi connectivity index (χ1) is 10.1. The second-order valence-corrected chi connectivity index (χ2v) is 4.75. The number of non-ortho nitro benzene ring substituents is 1. The lowest BCUT2D eigenvalue weighted by atomic mass is 10.2. The zero-order valence-corrected chi connectivity index (χ0v) is 13.0. The molecule has 0 aliphatic carbocycles. The van der Waals surface area contributed by atoms with Gasteiger partial charge in [0.2, 0.25) is 0 Å². The molecule has 2 aromatic rings. The van der Waals surface area contributed by atoms with Crippen molar-refractivity contribution in [2.45, 2.75) is 12.3 Å². The van der Waals surface area contributed by atoms with Crippen molar-refractivity contribution in [1.82, 2.24) is 0 Å². The summed E-state index contributed by atoms with van der Waals surface area (Å²) in [5.41, 5.74) is 0.755. The van der Waals surface area contributed by atoms with Crippen LogP contribution in [0.2, 0.25) is 0 Å². The van der Waals surface area contributed by atoms with E-state index in [-0.39, 0.29) is 5.69 Å². The smallest absolute Gasteiger partial charge is 0.270 e. The molecule has 0 unspecified atom stereocenters. The highest BCUT2D eigenvalue weighted by Gasteiger charge is 2.12. The van der Waals surface area contributed by atoms with Crippen molar-refractivity contribution in [2.75, 3.05) is 6.61 Å². The Labute approximate surface area is 130 Å². The number of hydrogen-bond acceptors (Lipinski definition) is 4. The van der Waals surface area contributed by atoms with Gasteiger partial charge in [0.1, 0.15) is 17.2 Å². The van der Waals surface area contributed by atoms with Crippen molar-refractivity contribution >= 4 is 21.6 Å². The van der Waals surface area contributed by atoms with Crippen LogP contribution in [0.1, 0.15) is 12.5 Å². The number of nitro groups is 1. The third-order valence-corrected chi connectivity index (χ3v) is 3.35. The van der Waals surface area contributed by atoms with Gasteiger partial charge in [0, 0.05) is 29.1 Å². The summed E-state index contributed by atoms with van der Waals surface area (Å²) < 4.78 is 11.2. The molecule has 5 nitrogen and oxygen atoms in total. The summed E-state index contributed by atoms with van der Waals surface area (Å²) in [4.78, 5) is 10.4. The van der Waals surface area contributed by atoms with Gasteiger partial charge in [-0.2, -0.15) is 0 Å². The molecule has 0 aliphatic rings. The average molecular weight is 352 g/mol. The molecule has 0 radical (unpaired) electrons. The number of nitro benzene ring substituents is 1. The first kappa shape index (κ1) is 15.3. The fraction of sp³-hybridized carbons (Fsp3) is 0.200. The van der Waals surface area contributed by atoms with Crippen LogP contribution in [0.3, 0.4) is 0 Å². The van der Waals surface area contributed by atoms with E-state index in [1.165, 1.54) is 12.1 Å². The van der Waals surface area contributed by atoms with Crippen LogP contribution in [0.4, 0.5) is 5.69 Å². The summed E-state index contributed by atoms with van der Waals surface area (Å²) in [5.74, 6) is 1.92. The zero-order chi connectivity index (χ0) is 15.2. The predicted octanol–water partition coefficient (Wildman–Crippen LogP) is 4.68. The van der Waals surface area contributed by atoms with Crippen LogP contribution in [0.5, 0.6) is 17.2 Å². The number of ether oxygens (including phenoxy) is 2. The second kappa shape index (κ2) is 7.08. The Morgan fingerprint density at radius 3 is 2.62 bits per heavy atom. The van der Waals surface area contributed by atoms with Crippen LogP contribution in [-0.4, -0.2) is 11.5 Å². The van der Waals surface area contributed by atoms with Gasteiger partial charge in [0.15, 0.2) is 0 Å². The maximum Gasteiger partial charge on any atom is 0.270 e. The van der Waals surface area contributed by atoms with Gasteiger partial charge in [-0.15, -0.1) is 0 Å². The molecule has 0 fully saturated rings. The van der Waals surface area contributed by atoms with Gasteiger partial charge >= 0.3 is 0 Å². The standard InChI is InChI=1S/C15H14BrNO4/c1-2-20-13-4-3-5-14(9-13)21-15-7-6-12(17(18)19)8-11(15)10-16/h3-9H,2,10H2,1H3. The topological polar surface area (TPSA) is 61.6 Å². The molecule has 0 atom stereocenters. The third kappa shape index (κ3) is 3.95. The van der Waals surface area contributed by atoms with Crippen molar-refractivity contribution in [3.8, 4) is 17.2 Å². The molecular weight excluding hydrogens is 338 g/mol. The number of alkyl halides is 1. The first-order valence-electron chi connectivity index (χ1n) is 6.38. The van der Waals surface area contributed by atoms with Gasteiger partial charge in [0.25, 0.3) is 5.69 Å². The highest BCUT2D eigenvalue weighted by molar-refractivity contribution is 9.08. The van der Waals surface area contributed by atoms with E-state index in [1.807, 2.05) is 25.1 Å². The minimum absolute atomic E-state index is 0.0415. The molecule has 2 rings (SSSR count). The molecule has 0 heterocycles. The molecule has 0 bridgehead atoms. The van der Waals surface area contributed by atoms with E-state index >= 15 is 0 Å². The summed E-state index contributed by atoms with van der Waals surface area (Å²) in [7, 11) is 0. The van der Waals surface area contributed by atoms with E-state index in [0.29, 0.717) is 29.0 Å². The van der Waals surface area contributed by atoms with Crippen LogP contribution in [0.15, 0.2) is 42.5 Å². The van der Waals surface area contributed by atoms with Crippen molar-refractivity contribution in [2.24, 2.45) is 0 Å². The Bertz CT molecular complexity index is 645. The van der Waals surface area contributed by atoms with Crippen LogP contribution >= 0.6 is 15.9 Å². The van der Waals surface area contributed by atoms with Gasteiger partial charge in [-0.1, -0.05) is 22.0 Å². The number of halogens is 1. The van der Waals surface area contributed by atoms with E-state index in [1.54, 1.807) is 12.1 Å². The second-order valence-electron chi connectivity index (χ2n) is 4.19. The molecule has 0 amide bonds. The lowest BCUT2D eigenvalue weighted by Crippen LogP contribution is -1.94. The maximum atomic E-state index is 10.8. The molecule has 110 valence electrons. The molecular formula is C15H14BrNO4. The lowest BCUT2D eigenvalue weighted by molar-refractivity contribution is -0.384. The fourth-order valence-electron chi connectivity index (χ4n) is 1.80. The zero-order valence-electron chi connectivity index (χ0n) is 11.4. The summed E-state index contributed by atoms with van der Waals surface area (Å²) >= 11 is 3.32. The average Bonchev–Trinajstić information content (AvgIpc) is 2.48. The maximum absolute atomic E-state index is 10.8. The van der Waals surface area contributed by atoms with Crippen molar-refractivity contribution in [3.63, 3.8) is 0 Å². The Morgan fingerprint density at radius 1 is 1.19 bits per heavy atom. The van der Waals surface area contributed by atoms with Gasteiger partial charge in [-0.3, -0.25) is 10.1 Å². The lowest BCUT2D eigenvalue weighted by Gasteiger charge is -2.11. The molecule has 0 saturated heterocycles.